The van der Waals surface area contributed by atoms with E-state index in [1.165, 1.54) is 0 Å². The summed E-state index contributed by atoms with van der Waals surface area (Å²) in [6, 6.07) is 2.81. The van der Waals surface area contributed by atoms with Crippen molar-refractivity contribution in [3.8, 4) is 5.69 Å². The fraction of sp³-hybridized carbons (Fsp3) is 0.0714. The van der Waals surface area contributed by atoms with Gasteiger partial charge in [-0.05, 0) is 50.4 Å². The van der Waals surface area contributed by atoms with Crippen LogP contribution < -0.4 is 16.6 Å². The number of fused-ring (bicyclic) bond motifs is 1. The highest BCUT2D eigenvalue weighted by molar-refractivity contribution is 9.11. The van der Waals surface area contributed by atoms with Gasteiger partial charge in [-0.15, -0.1) is 0 Å². The first-order valence-corrected chi connectivity index (χ1v) is 8.26. The Morgan fingerprint density at radius 3 is 2.48 bits per heavy atom. The molecule has 2 aromatic rings. The number of hydrogen-bond donors (Lipinski definition) is 2. The number of amides is 2. The van der Waals surface area contributed by atoms with Gasteiger partial charge in [0.05, 0.1) is 26.3 Å². The lowest BCUT2D eigenvalue weighted by Gasteiger charge is -2.17. The van der Waals surface area contributed by atoms with Crippen LogP contribution in [0, 0.1) is 6.92 Å². The Labute approximate surface area is 151 Å². The summed E-state index contributed by atoms with van der Waals surface area (Å²) in [6.07, 6.45) is 0. The summed E-state index contributed by atoms with van der Waals surface area (Å²) in [5, 5.41) is 2.53. The lowest BCUT2D eigenvalue weighted by Crippen LogP contribution is -2.24. The third kappa shape index (κ3) is 2.32. The molecule has 0 fully saturated rings. The normalized spacial score (nSPS) is 13.2. The van der Waals surface area contributed by atoms with Crippen LogP contribution in [0.5, 0.6) is 0 Å². The number of halogens is 3. The predicted molar refractivity (Wildman–Crippen MR) is 93.4 cm³/mol. The fourth-order valence-corrected chi connectivity index (χ4v) is 4.25. The molecule has 1 aromatic carbocycles. The van der Waals surface area contributed by atoms with Crippen molar-refractivity contribution in [2.75, 3.05) is 5.73 Å². The number of hydrogen-bond acceptors (Lipinski definition) is 4. The number of nitrogens with one attached hydrogen (secondary N) is 1. The monoisotopic (exact) mass is 459 g/mol. The number of imide groups is 1. The second kappa shape index (κ2) is 5.47. The van der Waals surface area contributed by atoms with E-state index >= 15 is 0 Å². The highest BCUT2D eigenvalue weighted by Gasteiger charge is 2.32. The topological polar surface area (TPSA) is 94.2 Å². The first kappa shape index (κ1) is 16.2. The second-order valence-corrected chi connectivity index (χ2v) is 6.95. The van der Waals surface area contributed by atoms with Crippen LogP contribution in [0.2, 0.25) is 5.02 Å². The van der Waals surface area contributed by atoms with Crippen molar-refractivity contribution < 1.29 is 9.59 Å². The molecule has 1 aromatic heterocycles. The summed E-state index contributed by atoms with van der Waals surface area (Å²) in [7, 11) is 0. The zero-order chi connectivity index (χ0) is 17.0. The average Bonchev–Trinajstić information content (AvgIpc) is 2.74. The van der Waals surface area contributed by atoms with E-state index in [0.717, 1.165) is 16.2 Å². The maximum Gasteiger partial charge on any atom is 0.262 e. The first-order valence-electron chi connectivity index (χ1n) is 6.29. The molecule has 0 atom stereocenters. The molecular weight excluding hydrogens is 453 g/mol. The maximum atomic E-state index is 12.5. The van der Waals surface area contributed by atoms with E-state index in [9.17, 15) is 14.4 Å². The molecule has 0 unspecified atom stereocenters. The van der Waals surface area contributed by atoms with Crippen LogP contribution in [-0.2, 0) is 0 Å². The summed E-state index contributed by atoms with van der Waals surface area (Å²) >= 11 is 12.9. The minimum absolute atomic E-state index is 0.0231. The summed E-state index contributed by atoms with van der Waals surface area (Å²) < 4.78 is 2.14. The molecule has 1 aliphatic rings. The standard InChI is InChI=1S/C14H8Br2ClN3O3/c1-4-2-6(15)11(9(16)10(4)17)20-7(21)3-5-8(12(20)18)14(23)19-13(5)22/h2-3H,18H2,1H3,(H,19,22,23). The van der Waals surface area contributed by atoms with Crippen molar-refractivity contribution in [2.24, 2.45) is 0 Å². The number of benzene rings is 1. The Kier molecular flexibility index (Phi) is 3.86. The average molecular weight is 461 g/mol. The Hall–Kier alpha value is -1.64. The van der Waals surface area contributed by atoms with E-state index in [1.54, 1.807) is 6.07 Å². The number of anilines is 1. The molecule has 2 amide bonds. The van der Waals surface area contributed by atoms with Gasteiger partial charge in [0.15, 0.2) is 0 Å². The number of nitrogens with zero attached hydrogens (tertiary/aromatic N) is 1. The van der Waals surface area contributed by atoms with E-state index in [0.29, 0.717) is 19.7 Å². The molecule has 118 valence electrons. The summed E-state index contributed by atoms with van der Waals surface area (Å²) in [5.74, 6) is -1.40. The lowest BCUT2D eigenvalue weighted by atomic mass is 10.1. The van der Waals surface area contributed by atoms with E-state index in [2.05, 4.69) is 37.2 Å². The molecule has 0 aliphatic carbocycles. The molecule has 3 rings (SSSR count). The number of nitrogen functional groups attached to an aromatic ring is 1. The highest BCUT2D eigenvalue weighted by atomic mass is 79.9. The van der Waals surface area contributed by atoms with Crippen molar-refractivity contribution in [3.05, 3.63) is 53.1 Å². The predicted octanol–water partition coefficient (Wildman–Crippen LogP) is 2.79. The quantitative estimate of drug-likeness (QED) is 0.505. The van der Waals surface area contributed by atoms with E-state index in [1.807, 2.05) is 6.92 Å². The van der Waals surface area contributed by atoms with Gasteiger partial charge in [0, 0.05) is 10.5 Å². The zero-order valence-corrected chi connectivity index (χ0v) is 15.5. The molecule has 2 heterocycles. The molecule has 0 bridgehead atoms. The second-order valence-electron chi connectivity index (χ2n) is 4.93. The lowest BCUT2D eigenvalue weighted by molar-refractivity contribution is 0.0880. The van der Waals surface area contributed by atoms with E-state index in [-0.39, 0.29) is 16.9 Å². The summed E-state index contributed by atoms with van der Waals surface area (Å²) in [5.41, 5.74) is 6.56. The molecule has 9 heteroatoms. The highest BCUT2D eigenvalue weighted by Crippen LogP contribution is 2.38. The van der Waals surface area contributed by atoms with Crippen molar-refractivity contribution in [1.82, 2.24) is 9.88 Å². The Balaban J connectivity index is 2.43. The third-order valence-corrected chi connectivity index (χ3v) is 5.59. The molecule has 3 N–H and O–H groups in total. The molecular formula is C14H8Br2ClN3O3. The van der Waals surface area contributed by atoms with Crippen LogP contribution in [0.15, 0.2) is 25.9 Å². The molecule has 1 aliphatic heterocycles. The third-order valence-electron chi connectivity index (χ3n) is 3.49. The van der Waals surface area contributed by atoms with Crippen molar-refractivity contribution in [3.63, 3.8) is 0 Å². The minimum Gasteiger partial charge on any atom is -0.384 e. The van der Waals surface area contributed by atoms with Gasteiger partial charge < -0.3 is 5.73 Å². The Bertz CT molecular complexity index is 969. The van der Waals surface area contributed by atoms with Crippen LogP contribution in [0.1, 0.15) is 26.3 Å². The van der Waals surface area contributed by atoms with Crippen LogP contribution in [-0.4, -0.2) is 16.4 Å². The van der Waals surface area contributed by atoms with Crippen LogP contribution in [0.25, 0.3) is 5.69 Å². The van der Waals surface area contributed by atoms with Crippen molar-refractivity contribution >= 4 is 61.1 Å². The first-order chi connectivity index (χ1) is 10.7. The van der Waals surface area contributed by atoms with Gasteiger partial charge in [0.25, 0.3) is 17.4 Å². The van der Waals surface area contributed by atoms with Gasteiger partial charge in [0.2, 0.25) is 0 Å². The molecule has 23 heavy (non-hydrogen) atoms. The van der Waals surface area contributed by atoms with E-state index < -0.39 is 17.4 Å². The van der Waals surface area contributed by atoms with Crippen molar-refractivity contribution in [2.45, 2.75) is 6.92 Å². The van der Waals surface area contributed by atoms with Crippen molar-refractivity contribution in [1.29, 1.82) is 0 Å². The number of aromatic nitrogens is 1. The summed E-state index contributed by atoms with van der Waals surface area (Å²) in [4.78, 5) is 36.1. The molecule has 6 nitrogen and oxygen atoms in total. The molecule has 0 saturated heterocycles. The largest absolute Gasteiger partial charge is 0.384 e. The van der Waals surface area contributed by atoms with Gasteiger partial charge in [-0.25, -0.2) is 0 Å². The number of rotatable bonds is 1. The Morgan fingerprint density at radius 1 is 1.17 bits per heavy atom. The fourth-order valence-electron chi connectivity index (χ4n) is 2.42. The Morgan fingerprint density at radius 2 is 1.83 bits per heavy atom. The maximum absolute atomic E-state index is 12.5. The van der Waals surface area contributed by atoms with Crippen LogP contribution in [0.4, 0.5) is 5.82 Å². The van der Waals surface area contributed by atoms with Gasteiger partial charge in [0.1, 0.15) is 5.82 Å². The minimum atomic E-state index is -0.638. The number of nitrogens with two attached hydrogens (primary N) is 1. The SMILES string of the molecule is Cc1cc(Br)c(-n2c(N)c3c(cc2=O)C(=O)NC3=O)c(Br)c1Cl. The molecule has 0 radical (unpaired) electrons. The number of carbonyl (C=O) groups is 2. The van der Waals surface area contributed by atoms with Gasteiger partial charge in [-0.1, -0.05) is 11.6 Å². The smallest absolute Gasteiger partial charge is 0.262 e. The number of pyridine rings is 1. The van der Waals surface area contributed by atoms with Crippen LogP contribution >= 0.6 is 43.5 Å². The number of aryl methyl sites for hydroxylation is 1. The van der Waals surface area contributed by atoms with Crippen LogP contribution in [0.3, 0.4) is 0 Å². The summed E-state index contributed by atoms with van der Waals surface area (Å²) in [6.45, 7) is 1.81. The van der Waals surface area contributed by atoms with Gasteiger partial charge >= 0.3 is 0 Å². The van der Waals surface area contributed by atoms with E-state index in [4.69, 9.17) is 17.3 Å². The molecule has 0 spiro atoms. The van der Waals surface area contributed by atoms with Gasteiger partial charge in [-0.2, -0.15) is 0 Å². The zero-order valence-electron chi connectivity index (χ0n) is 11.5. The number of carbonyl (C=O) groups excluding carboxylic acids is 2. The molecule has 0 saturated carbocycles. The van der Waals surface area contributed by atoms with Gasteiger partial charge in [-0.3, -0.25) is 24.3 Å².